The molecule has 0 aliphatic carbocycles. The van der Waals surface area contributed by atoms with E-state index in [1.54, 1.807) is 30.5 Å². The molecule has 1 aromatic carbocycles. The summed E-state index contributed by atoms with van der Waals surface area (Å²) in [7, 11) is 0. The van der Waals surface area contributed by atoms with E-state index < -0.39 is 0 Å². The molecule has 2 nitrogen and oxygen atoms in total. The summed E-state index contributed by atoms with van der Waals surface area (Å²) in [4.78, 5) is 0. The monoisotopic (exact) mass is 194 g/mol. The number of aromatic hydroxyl groups is 1. The third kappa shape index (κ3) is 4.98. The average Bonchev–Trinajstić information content (AvgIpc) is 2.22. The molecule has 13 heavy (non-hydrogen) atoms. The molecule has 0 radical (unpaired) electrons. The van der Waals surface area contributed by atoms with Crippen LogP contribution in [-0.2, 0) is 4.18 Å². The second-order valence-corrected chi connectivity index (χ2v) is 2.84. The van der Waals surface area contributed by atoms with Crippen LogP contribution < -0.4 is 0 Å². The highest BCUT2D eigenvalue weighted by molar-refractivity contribution is 7.97. The SMILES string of the molecule is C1=COSC=C1.Oc1ccccc1. The second-order valence-electron chi connectivity index (χ2n) is 2.19. The van der Waals surface area contributed by atoms with Crippen LogP contribution in [0.15, 0.2) is 54.2 Å². The van der Waals surface area contributed by atoms with E-state index in [1.165, 1.54) is 12.0 Å². The predicted octanol–water partition coefficient (Wildman–Crippen LogP) is 3.08. The van der Waals surface area contributed by atoms with Crippen molar-refractivity contribution in [1.82, 2.24) is 0 Å². The van der Waals surface area contributed by atoms with Gasteiger partial charge in [-0.25, -0.2) is 0 Å². The molecule has 0 aromatic heterocycles. The summed E-state index contributed by atoms with van der Waals surface area (Å²) in [5.74, 6) is 0.322. The van der Waals surface area contributed by atoms with Gasteiger partial charge in [0.25, 0.3) is 0 Å². The highest BCUT2D eigenvalue weighted by Crippen LogP contribution is 2.08. The van der Waals surface area contributed by atoms with Gasteiger partial charge in [0.2, 0.25) is 0 Å². The Morgan fingerprint density at radius 2 is 1.85 bits per heavy atom. The lowest BCUT2D eigenvalue weighted by Gasteiger charge is -1.91. The first-order valence-corrected chi connectivity index (χ1v) is 4.58. The largest absolute Gasteiger partial charge is 0.508 e. The summed E-state index contributed by atoms with van der Waals surface area (Å²) >= 11 is 1.33. The van der Waals surface area contributed by atoms with Crippen molar-refractivity contribution < 1.29 is 9.29 Å². The van der Waals surface area contributed by atoms with Crippen molar-refractivity contribution in [3.8, 4) is 5.75 Å². The van der Waals surface area contributed by atoms with Gasteiger partial charge in [-0.3, -0.25) is 0 Å². The van der Waals surface area contributed by atoms with E-state index in [0.29, 0.717) is 5.75 Å². The molecule has 0 bridgehead atoms. The van der Waals surface area contributed by atoms with Crippen LogP contribution in [0.2, 0.25) is 0 Å². The first-order valence-electron chi connectivity index (χ1n) is 3.77. The minimum Gasteiger partial charge on any atom is -0.508 e. The lowest BCUT2D eigenvalue weighted by molar-refractivity contribution is 0.475. The van der Waals surface area contributed by atoms with Gasteiger partial charge in [0.1, 0.15) is 12.0 Å². The highest BCUT2D eigenvalue weighted by atomic mass is 32.2. The molecule has 1 aliphatic rings. The van der Waals surface area contributed by atoms with Crippen LogP contribution in [0, 0.1) is 0 Å². The molecule has 0 unspecified atom stereocenters. The molecule has 1 aromatic rings. The molecule has 1 heterocycles. The number of allylic oxidation sites excluding steroid dienone is 2. The third-order valence-corrected chi connectivity index (χ3v) is 1.68. The number of phenols is 1. The van der Waals surface area contributed by atoms with Crippen molar-refractivity contribution in [2.45, 2.75) is 0 Å². The zero-order valence-electron chi connectivity index (χ0n) is 6.96. The normalized spacial score (nSPS) is 12.6. The quantitative estimate of drug-likeness (QED) is 0.643. The molecule has 0 saturated carbocycles. The van der Waals surface area contributed by atoms with Crippen molar-refractivity contribution in [3.63, 3.8) is 0 Å². The van der Waals surface area contributed by atoms with Crippen molar-refractivity contribution in [2.24, 2.45) is 0 Å². The van der Waals surface area contributed by atoms with E-state index >= 15 is 0 Å². The number of rotatable bonds is 0. The zero-order valence-corrected chi connectivity index (χ0v) is 7.78. The standard InChI is InChI=1S/C6H6O.C4H4OS/c7-6-4-2-1-3-5-6;1-2-4-6-5-3-1/h1-5,7H;1-4H. The average molecular weight is 194 g/mol. The Labute approximate surface area is 81.8 Å². The first-order chi connectivity index (χ1) is 6.39. The van der Waals surface area contributed by atoms with Crippen LogP contribution in [0.25, 0.3) is 0 Å². The maximum atomic E-state index is 8.63. The molecule has 0 spiro atoms. The Morgan fingerprint density at radius 1 is 1.08 bits per heavy atom. The maximum Gasteiger partial charge on any atom is 0.115 e. The Morgan fingerprint density at radius 3 is 2.08 bits per heavy atom. The molecule has 0 atom stereocenters. The van der Waals surface area contributed by atoms with Crippen LogP contribution >= 0.6 is 12.0 Å². The van der Waals surface area contributed by atoms with Crippen LogP contribution in [0.4, 0.5) is 0 Å². The Hall–Kier alpha value is -1.35. The van der Waals surface area contributed by atoms with Crippen LogP contribution in [0.5, 0.6) is 5.75 Å². The molecular formula is C10H10O2S. The summed E-state index contributed by atoms with van der Waals surface area (Å²) in [6.07, 6.45) is 5.41. The van der Waals surface area contributed by atoms with E-state index in [-0.39, 0.29) is 0 Å². The Bertz CT molecular complexity index is 268. The second kappa shape index (κ2) is 6.20. The van der Waals surface area contributed by atoms with Gasteiger partial charge in [-0.05, 0) is 24.3 Å². The van der Waals surface area contributed by atoms with E-state index in [0.717, 1.165) is 0 Å². The molecule has 1 aliphatic heterocycles. The summed E-state index contributed by atoms with van der Waals surface area (Å²) in [5.41, 5.74) is 0. The van der Waals surface area contributed by atoms with Gasteiger partial charge >= 0.3 is 0 Å². The number of hydrogen-bond donors (Lipinski definition) is 1. The Balaban J connectivity index is 0.000000132. The molecule has 0 fully saturated rings. The van der Waals surface area contributed by atoms with E-state index in [1.807, 2.05) is 23.6 Å². The zero-order chi connectivity index (χ0) is 9.36. The summed E-state index contributed by atoms with van der Waals surface area (Å²) in [6, 6.07) is 8.71. The van der Waals surface area contributed by atoms with Crippen molar-refractivity contribution in [1.29, 1.82) is 0 Å². The van der Waals surface area contributed by atoms with Crippen molar-refractivity contribution in [2.75, 3.05) is 0 Å². The molecule has 68 valence electrons. The van der Waals surface area contributed by atoms with Gasteiger partial charge in [0.05, 0.1) is 12.0 Å². The van der Waals surface area contributed by atoms with E-state index in [2.05, 4.69) is 0 Å². The molecule has 1 N–H and O–H groups in total. The van der Waals surface area contributed by atoms with Crippen LogP contribution in [-0.4, -0.2) is 5.11 Å². The fraction of sp³-hybridized carbons (Fsp3) is 0. The number of para-hydroxylation sites is 1. The summed E-state index contributed by atoms with van der Waals surface area (Å²) in [6.45, 7) is 0. The number of benzene rings is 1. The van der Waals surface area contributed by atoms with E-state index in [9.17, 15) is 0 Å². The number of hydrogen-bond acceptors (Lipinski definition) is 3. The molecular weight excluding hydrogens is 184 g/mol. The highest BCUT2D eigenvalue weighted by Gasteiger charge is 1.77. The lowest BCUT2D eigenvalue weighted by atomic mass is 10.3. The smallest absolute Gasteiger partial charge is 0.115 e. The molecule has 2 rings (SSSR count). The van der Waals surface area contributed by atoms with Gasteiger partial charge in [-0.1, -0.05) is 18.2 Å². The summed E-state index contributed by atoms with van der Waals surface area (Å²) < 4.78 is 4.72. The maximum absolute atomic E-state index is 8.63. The molecule has 0 saturated heterocycles. The molecule has 3 heteroatoms. The van der Waals surface area contributed by atoms with E-state index in [4.69, 9.17) is 9.29 Å². The fourth-order valence-corrected chi connectivity index (χ4v) is 0.994. The van der Waals surface area contributed by atoms with Gasteiger partial charge in [0, 0.05) is 5.41 Å². The first kappa shape index (κ1) is 9.74. The van der Waals surface area contributed by atoms with Crippen LogP contribution in [0.3, 0.4) is 0 Å². The lowest BCUT2D eigenvalue weighted by Crippen LogP contribution is -1.63. The predicted molar refractivity (Wildman–Crippen MR) is 55.1 cm³/mol. The topological polar surface area (TPSA) is 29.5 Å². The summed E-state index contributed by atoms with van der Waals surface area (Å²) in [5, 5.41) is 10.5. The minimum atomic E-state index is 0.322. The van der Waals surface area contributed by atoms with Crippen LogP contribution in [0.1, 0.15) is 0 Å². The molecule has 0 amide bonds. The Kier molecular flexibility index (Phi) is 4.64. The minimum absolute atomic E-state index is 0.322. The van der Waals surface area contributed by atoms with Gasteiger partial charge in [-0.15, -0.1) is 0 Å². The van der Waals surface area contributed by atoms with Crippen molar-refractivity contribution >= 4 is 12.0 Å². The van der Waals surface area contributed by atoms with Gasteiger partial charge in [-0.2, -0.15) is 0 Å². The number of phenolic OH excluding ortho intramolecular Hbond substituents is 1. The third-order valence-electron chi connectivity index (χ3n) is 1.19. The van der Waals surface area contributed by atoms with Gasteiger partial charge < -0.3 is 9.29 Å². The van der Waals surface area contributed by atoms with Gasteiger partial charge in [0.15, 0.2) is 0 Å². The fourth-order valence-electron chi connectivity index (χ4n) is 0.647. The van der Waals surface area contributed by atoms with Crippen molar-refractivity contribution in [3.05, 3.63) is 54.2 Å².